The first-order valence-electron chi connectivity index (χ1n) is 4.98. The Kier molecular flexibility index (Phi) is 3.49. The zero-order valence-corrected chi connectivity index (χ0v) is 10.8. The van der Waals surface area contributed by atoms with Crippen LogP contribution < -0.4 is 4.90 Å². The van der Waals surface area contributed by atoms with Gasteiger partial charge in [0, 0.05) is 30.1 Å². The molecule has 0 saturated heterocycles. The van der Waals surface area contributed by atoms with Gasteiger partial charge in [-0.2, -0.15) is 0 Å². The maximum absolute atomic E-state index is 12.1. The van der Waals surface area contributed by atoms with Crippen LogP contribution in [-0.4, -0.2) is 22.9 Å². The Labute approximate surface area is 107 Å². The first kappa shape index (κ1) is 11.7. The molecule has 0 radical (unpaired) electrons. The number of rotatable bonds is 2. The molecule has 2 aromatic heterocycles. The van der Waals surface area contributed by atoms with Crippen molar-refractivity contribution < 1.29 is 4.79 Å². The minimum absolute atomic E-state index is 0.135. The predicted octanol–water partition coefficient (Wildman–Crippen LogP) is 2.52. The summed E-state index contributed by atoms with van der Waals surface area (Å²) in [4.78, 5) is 21.6. The lowest BCUT2D eigenvalue weighted by atomic mass is 10.2. The van der Waals surface area contributed by atoms with Crippen LogP contribution in [0.2, 0.25) is 0 Å². The van der Waals surface area contributed by atoms with Gasteiger partial charge in [-0.1, -0.05) is 15.9 Å². The fourth-order valence-electron chi connectivity index (χ4n) is 1.36. The molecular weight excluding hydrogens is 282 g/mol. The average Bonchev–Trinajstić information content (AvgIpc) is 2.38. The number of pyridine rings is 2. The van der Waals surface area contributed by atoms with Crippen LogP contribution in [0.1, 0.15) is 10.4 Å². The van der Waals surface area contributed by atoms with Gasteiger partial charge in [-0.25, -0.2) is 4.98 Å². The SMILES string of the molecule is CN(C(=O)c1cccnc1)c1cc(Br)ccn1. The number of amides is 1. The van der Waals surface area contributed by atoms with Gasteiger partial charge in [0.15, 0.2) is 0 Å². The largest absolute Gasteiger partial charge is 0.296 e. The van der Waals surface area contributed by atoms with Crippen molar-refractivity contribution in [3.63, 3.8) is 0 Å². The van der Waals surface area contributed by atoms with Crippen molar-refractivity contribution in [3.8, 4) is 0 Å². The highest BCUT2D eigenvalue weighted by Gasteiger charge is 2.14. The molecule has 1 amide bonds. The van der Waals surface area contributed by atoms with Crippen molar-refractivity contribution in [2.75, 3.05) is 11.9 Å². The van der Waals surface area contributed by atoms with Crippen LogP contribution in [0.3, 0.4) is 0 Å². The first-order valence-corrected chi connectivity index (χ1v) is 5.77. The highest BCUT2D eigenvalue weighted by molar-refractivity contribution is 9.10. The number of halogens is 1. The van der Waals surface area contributed by atoms with Gasteiger partial charge in [0.1, 0.15) is 5.82 Å². The summed E-state index contributed by atoms with van der Waals surface area (Å²) in [6.45, 7) is 0. The Balaban J connectivity index is 2.27. The van der Waals surface area contributed by atoms with E-state index in [1.54, 1.807) is 37.6 Å². The first-order chi connectivity index (χ1) is 8.18. The van der Waals surface area contributed by atoms with Gasteiger partial charge in [0.2, 0.25) is 0 Å². The molecule has 86 valence electrons. The second-order valence-electron chi connectivity index (χ2n) is 3.44. The Morgan fingerprint density at radius 2 is 2.18 bits per heavy atom. The second-order valence-corrected chi connectivity index (χ2v) is 4.35. The van der Waals surface area contributed by atoms with Gasteiger partial charge in [-0.3, -0.25) is 14.7 Å². The number of nitrogens with zero attached hydrogens (tertiary/aromatic N) is 3. The highest BCUT2D eigenvalue weighted by atomic mass is 79.9. The Hall–Kier alpha value is -1.75. The third-order valence-corrected chi connectivity index (χ3v) is 2.76. The van der Waals surface area contributed by atoms with Gasteiger partial charge < -0.3 is 0 Å². The van der Waals surface area contributed by atoms with E-state index in [1.807, 2.05) is 6.07 Å². The zero-order valence-electron chi connectivity index (χ0n) is 9.17. The van der Waals surface area contributed by atoms with E-state index in [-0.39, 0.29) is 5.91 Å². The Bertz CT molecular complexity index is 530. The van der Waals surface area contributed by atoms with E-state index < -0.39 is 0 Å². The summed E-state index contributed by atoms with van der Waals surface area (Å²) in [6, 6.07) is 7.05. The molecule has 0 aliphatic rings. The molecule has 0 fully saturated rings. The summed E-state index contributed by atoms with van der Waals surface area (Å²) in [5.41, 5.74) is 0.539. The summed E-state index contributed by atoms with van der Waals surface area (Å²) in [6.07, 6.45) is 4.82. The molecule has 17 heavy (non-hydrogen) atoms. The summed E-state index contributed by atoms with van der Waals surface area (Å²) in [5, 5.41) is 0. The third-order valence-electron chi connectivity index (χ3n) is 2.26. The molecule has 0 bridgehead atoms. The van der Waals surface area contributed by atoms with Crippen LogP contribution >= 0.6 is 15.9 Å². The van der Waals surface area contributed by atoms with Crippen molar-refractivity contribution in [3.05, 3.63) is 52.9 Å². The van der Waals surface area contributed by atoms with E-state index in [1.165, 1.54) is 11.1 Å². The number of aromatic nitrogens is 2. The van der Waals surface area contributed by atoms with Crippen molar-refractivity contribution in [2.24, 2.45) is 0 Å². The molecule has 5 heteroatoms. The molecule has 0 aromatic carbocycles. The summed E-state index contributed by atoms with van der Waals surface area (Å²) < 4.78 is 0.883. The number of hydrogen-bond acceptors (Lipinski definition) is 3. The van der Waals surface area contributed by atoms with Crippen molar-refractivity contribution in [2.45, 2.75) is 0 Å². The highest BCUT2D eigenvalue weighted by Crippen LogP contribution is 2.17. The number of carbonyl (C=O) groups excluding carboxylic acids is 1. The maximum atomic E-state index is 12.1. The fraction of sp³-hybridized carbons (Fsp3) is 0.0833. The number of carbonyl (C=O) groups is 1. The van der Waals surface area contributed by atoms with Crippen LogP contribution in [-0.2, 0) is 0 Å². The summed E-state index contributed by atoms with van der Waals surface area (Å²) in [7, 11) is 1.68. The topological polar surface area (TPSA) is 46.1 Å². The smallest absolute Gasteiger partial charge is 0.260 e. The van der Waals surface area contributed by atoms with E-state index in [9.17, 15) is 4.79 Å². The molecule has 2 rings (SSSR count). The second kappa shape index (κ2) is 5.05. The molecule has 4 nitrogen and oxygen atoms in total. The van der Waals surface area contributed by atoms with Crippen molar-refractivity contribution in [1.82, 2.24) is 9.97 Å². The standard InChI is InChI=1S/C12H10BrN3O/c1-16(11-7-10(13)4-6-15-11)12(17)9-3-2-5-14-8-9/h2-8H,1H3. The van der Waals surface area contributed by atoms with Crippen LogP contribution in [0.4, 0.5) is 5.82 Å². The molecule has 0 spiro atoms. The maximum Gasteiger partial charge on any atom is 0.260 e. The van der Waals surface area contributed by atoms with E-state index in [0.29, 0.717) is 11.4 Å². The lowest BCUT2D eigenvalue weighted by Gasteiger charge is -2.15. The Morgan fingerprint density at radius 3 is 2.82 bits per heavy atom. The molecule has 2 aromatic rings. The summed E-state index contributed by atoms with van der Waals surface area (Å²) in [5.74, 6) is 0.455. The molecule has 2 heterocycles. The monoisotopic (exact) mass is 291 g/mol. The molecule has 0 N–H and O–H groups in total. The molecular formula is C12H10BrN3O. The van der Waals surface area contributed by atoms with Gasteiger partial charge >= 0.3 is 0 Å². The van der Waals surface area contributed by atoms with E-state index in [4.69, 9.17) is 0 Å². The third kappa shape index (κ3) is 2.68. The predicted molar refractivity (Wildman–Crippen MR) is 68.9 cm³/mol. The van der Waals surface area contributed by atoms with Crippen LogP contribution in [0.25, 0.3) is 0 Å². The number of hydrogen-bond donors (Lipinski definition) is 0. The molecule has 0 aliphatic heterocycles. The minimum atomic E-state index is -0.135. The molecule has 0 saturated carbocycles. The average molecular weight is 292 g/mol. The van der Waals surface area contributed by atoms with E-state index >= 15 is 0 Å². The normalized spacial score (nSPS) is 10.0. The van der Waals surface area contributed by atoms with Gasteiger partial charge in [-0.15, -0.1) is 0 Å². The molecule has 0 aliphatic carbocycles. The van der Waals surface area contributed by atoms with Crippen molar-refractivity contribution in [1.29, 1.82) is 0 Å². The minimum Gasteiger partial charge on any atom is -0.296 e. The lowest BCUT2D eigenvalue weighted by Crippen LogP contribution is -2.27. The lowest BCUT2D eigenvalue weighted by molar-refractivity contribution is 0.0992. The molecule has 0 unspecified atom stereocenters. The fourth-order valence-corrected chi connectivity index (χ4v) is 1.69. The van der Waals surface area contributed by atoms with Gasteiger partial charge in [0.05, 0.1) is 5.56 Å². The van der Waals surface area contributed by atoms with Crippen LogP contribution in [0.5, 0.6) is 0 Å². The molecule has 0 atom stereocenters. The van der Waals surface area contributed by atoms with E-state index in [2.05, 4.69) is 25.9 Å². The van der Waals surface area contributed by atoms with Crippen molar-refractivity contribution >= 4 is 27.7 Å². The summed E-state index contributed by atoms with van der Waals surface area (Å²) >= 11 is 3.35. The van der Waals surface area contributed by atoms with E-state index in [0.717, 1.165) is 4.47 Å². The zero-order chi connectivity index (χ0) is 12.3. The number of anilines is 1. The quantitative estimate of drug-likeness (QED) is 0.854. The van der Waals surface area contributed by atoms with Crippen LogP contribution in [0, 0.1) is 0 Å². The van der Waals surface area contributed by atoms with Crippen LogP contribution in [0.15, 0.2) is 47.3 Å². The van der Waals surface area contributed by atoms with Gasteiger partial charge in [0.25, 0.3) is 5.91 Å². The Morgan fingerprint density at radius 1 is 1.35 bits per heavy atom. The van der Waals surface area contributed by atoms with Gasteiger partial charge in [-0.05, 0) is 24.3 Å².